The van der Waals surface area contributed by atoms with Crippen molar-refractivity contribution in [2.24, 2.45) is 0 Å². The molecular weight excluding hydrogens is 366 g/mol. The van der Waals surface area contributed by atoms with E-state index in [1.807, 2.05) is 32.9 Å². The standard InChI is InChI=1S/C20H22ClN3O3/c1-4-24-18(17(21)10-23-24)11-22-20(25)19-6-5-15(27-19)12-26-16-8-13(2)7-14(3)9-16/h5-10H,4,11-12H2,1-3H3,(H,22,25). The third-order valence-corrected chi connectivity index (χ3v) is 4.39. The highest BCUT2D eigenvalue weighted by molar-refractivity contribution is 6.31. The van der Waals surface area contributed by atoms with Gasteiger partial charge in [0.05, 0.1) is 23.5 Å². The van der Waals surface area contributed by atoms with Gasteiger partial charge in [-0.3, -0.25) is 9.48 Å². The van der Waals surface area contributed by atoms with Gasteiger partial charge in [0.2, 0.25) is 0 Å². The molecule has 0 fully saturated rings. The summed E-state index contributed by atoms with van der Waals surface area (Å²) in [6.07, 6.45) is 1.57. The number of rotatable bonds is 7. The molecule has 0 atom stereocenters. The van der Waals surface area contributed by atoms with Crippen LogP contribution in [0.1, 0.15) is 40.1 Å². The Balaban J connectivity index is 1.58. The molecule has 0 aliphatic rings. The van der Waals surface area contributed by atoms with Gasteiger partial charge < -0.3 is 14.5 Å². The number of nitrogens with zero attached hydrogens (tertiary/aromatic N) is 2. The van der Waals surface area contributed by atoms with Crippen LogP contribution >= 0.6 is 11.6 Å². The van der Waals surface area contributed by atoms with Crippen molar-refractivity contribution in [3.05, 3.63) is 69.9 Å². The Morgan fingerprint density at radius 2 is 2.00 bits per heavy atom. The second kappa shape index (κ2) is 8.31. The van der Waals surface area contributed by atoms with Gasteiger partial charge in [-0.25, -0.2) is 0 Å². The average Bonchev–Trinajstić information content (AvgIpc) is 3.24. The number of aryl methyl sites for hydroxylation is 3. The fraction of sp³-hybridized carbons (Fsp3) is 0.300. The van der Waals surface area contributed by atoms with E-state index in [0.29, 0.717) is 17.3 Å². The summed E-state index contributed by atoms with van der Waals surface area (Å²) in [4.78, 5) is 12.3. The molecule has 142 valence electrons. The molecule has 0 saturated carbocycles. The minimum Gasteiger partial charge on any atom is -0.486 e. The van der Waals surface area contributed by atoms with Crippen LogP contribution in [0.15, 0.2) is 40.9 Å². The van der Waals surface area contributed by atoms with Gasteiger partial charge >= 0.3 is 0 Å². The van der Waals surface area contributed by atoms with Crippen molar-refractivity contribution in [1.82, 2.24) is 15.1 Å². The number of ether oxygens (including phenoxy) is 1. The Labute approximate surface area is 163 Å². The summed E-state index contributed by atoms with van der Waals surface area (Å²) in [7, 11) is 0. The Kier molecular flexibility index (Phi) is 5.86. The largest absolute Gasteiger partial charge is 0.486 e. The summed E-state index contributed by atoms with van der Waals surface area (Å²) in [5, 5.41) is 7.48. The molecule has 0 unspecified atom stereocenters. The monoisotopic (exact) mass is 387 g/mol. The smallest absolute Gasteiger partial charge is 0.287 e. The van der Waals surface area contributed by atoms with Gasteiger partial charge in [-0.2, -0.15) is 5.10 Å². The Morgan fingerprint density at radius 1 is 1.26 bits per heavy atom. The molecule has 0 saturated heterocycles. The maximum absolute atomic E-state index is 12.3. The highest BCUT2D eigenvalue weighted by Gasteiger charge is 2.14. The predicted octanol–water partition coefficient (Wildman–Crippen LogP) is 4.28. The second-order valence-corrected chi connectivity index (χ2v) is 6.72. The van der Waals surface area contributed by atoms with Crippen molar-refractivity contribution < 1.29 is 13.9 Å². The van der Waals surface area contributed by atoms with E-state index < -0.39 is 0 Å². The molecule has 2 aromatic heterocycles. The van der Waals surface area contributed by atoms with Gasteiger partial charge in [-0.05, 0) is 56.2 Å². The Hall–Kier alpha value is -2.73. The summed E-state index contributed by atoms with van der Waals surface area (Å²) in [5.41, 5.74) is 3.03. The summed E-state index contributed by atoms with van der Waals surface area (Å²) < 4.78 is 13.1. The molecule has 0 aliphatic heterocycles. The van der Waals surface area contributed by atoms with Gasteiger partial charge in [0, 0.05) is 6.54 Å². The first-order valence-electron chi connectivity index (χ1n) is 8.74. The number of amides is 1. The lowest BCUT2D eigenvalue weighted by molar-refractivity contribution is 0.0918. The molecule has 0 aliphatic carbocycles. The average molecular weight is 388 g/mol. The fourth-order valence-electron chi connectivity index (χ4n) is 2.84. The third-order valence-electron chi connectivity index (χ3n) is 4.08. The van der Waals surface area contributed by atoms with Gasteiger partial charge in [0.1, 0.15) is 18.1 Å². The van der Waals surface area contributed by atoms with Crippen LogP contribution < -0.4 is 10.1 Å². The lowest BCUT2D eigenvalue weighted by Gasteiger charge is -2.07. The lowest BCUT2D eigenvalue weighted by atomic mass is 10.1. The van der Waals surface area contributed by atoms with Crippen molar-refractivity contribution in [1.29, 1.82) is 0 Å². The van der Waals surface area contributed by atoms with Gasteiger partial charge in [-0.1, -0.05) is 17.7 Å². The first-order valence-corrected chi connectivity index (χ1v) is 9.12. The summed E-state index contributed by atoms with van der Waals surface area (Å²) in [5.74, 6) is 1.27. The van der Waals surface area contributed by atoms with Crippen LogP contribution in [-0.2, 0) is 19.7 Å². The van der Waals surface area contributed by atoms with E-state index in [0.717, 1.165) is 22.6 Å². The van der Waals surface area contributed by atoms with Crippen LogP contribution in [0, 0.1) is 13.8 Å². The first-order chi connectivity index (χ1) is 13.0. The number of aromatic nitrogens is 2. The number of furan rings is 1. The molecule has 0 spiro atoms. The number of nitrogens with one attached hydrogen (secondary N) is 1. The number of carbonyl (C=O) groups excluding carboxylic acids is 1. The fourth-order valence-corrected chi connectivity index (χ4v) is 3.04. The molecule has 0 radical (unpaired) electrons. The predicted molar refractivity (Wildman–Crippen MR) is 103 cm³/mol. The van der Waals surface area contributed by atoms with E-state index in [4.69, 9.17) is 20.8 Å². The Bertz CT molecular complexity index is 926. The van der Waals surface area contributed by atoms with Crippen LogP contribution in [-0.4, -0.2) is 15.7 Å². The van der Waals surface area contributed by atoms with E-state index >= 15 is 0 Å². The van der Waals surface area contributed by atoms with Crippen LogP contribution in [0.2, 0.25) is 5.02 Å². The topological polar surface area (TPSA) is 69.3 Å². The number of benzene rings is 1. The highest BCUT2D eigenvalue weighted by Crippen LogP contribution is 2.19. The summed E-state index contributed by atoms with van der Waals surface area (Å²) in [6, 6.07) is 9.38. The van der Waals surface area contributed by atoms with Crippen LogP contribution in [0.5, 0.6) is 5.75 Å². The van der Waals surface area contributed by atoms with Gasteiger partial charge in [0.25, 0.3) is 5.91 Å². The number of halogens is 1. The molecule has 0 bridgehead atoms. The van der Waals surface area contributed by atoms with E-state index in [-0.39, 0.29) is 24.8 Å². The van der Waals surface area contributed by atoms with E-state index in [9.17, 15) is 4.79 Å². The number of hydrogen-bond donors (Lipinski definition) is 1. The molecular formula is C20H22ClN3O3. The third kappa shape index (κ3) is 4.71. The molecule has 3 aromatic rings. The van der Waals surface area contributed by atoms with E-state index in [1.54, 1.807) is 23.0 Å². The maximum atomic E-state index is 12.3. The van der Waals surface area contributed by atoms with Crippen molar-refractivity contribution in [2.45, 2.75) is 40.5 Å². The zero-order valence-corrected chi connectivity index (χ0v) is 16.3. The SMILES string of the molecule is CCn1ncc(Cl)c1CNC(=O)c1ccc(COc2cc(C)cc(C)c2)o1. The van der Waals surface area contributed by atoms with Crippen molar-refractivity contribution in [2.75, 3.05) is 0 Å². The zero-order chi connectivity index (χ0) is 19.4. The van der Waals surface area contributed by atoms with E-state index in [1.165, 1.54) is 0 Å². The summed E-state index contributed by atoms with van der Waals surface area (Å²) >= 11 is 6.10. The molecule has 1 aromatic carbocycles. The molecule has 7 heteroatoms. The minimum atomic E-state index is -0.312. The lowest BCUT2D eigenvalue weighted by Crippen LogP contribution is -2.24. The molecule has 3 rings (SSSR count). The molecule has 2 heterocycles. The van der Waals surface area contributed by atoms with E-state index in [2.05, 4.69) is 16.5 Å². The zero-order valence-electron chi connectivity index (χ0n) is 15.6. The summed E-state index contributed by atoms with van der Waals surface area (Å²) in [6.45, 7) is 7.21. The van der Waals surface area contributed by atoms with Crippen molar-refractivity contribution in [3.63, 3.8) is 0 Å². The molecule has 1 amide bonds. The van der Waals surface area contributed by atoms with Crippen LogP contribution in [0.3, 0.4) is 0 Å². The Morgan fingerprint density at radius 3 is 2.70 bits per heavy atom. The first kappa shape index (κ1) is 19.0. The van der Waals surface area contributed by atoms with Crippen molar-refractivity contribution >= 4 is 17.5 Å². The van der Waals surface area contributed by atoms with Crippen molar-refractivity contribution in [3.8, 4) is 5.75 Å². The number of carbonyl (C=O) groups is 1. The second-order valence-electron chi connectivity index (χ2n) is 6.32. The quantitative estimate of drug-likeness (QED) is 0.657. The highest BCUT2D eigenvalue weighted by atomic mass is 35.5. The minimum absolute atomic E-state index is 0.229. The number of hydrogen-bond acceptors (Lipinski definition) is 4. The molecule has 6 nitrogen and oxygen atoms in total. The maximum Gasteiger partial charge on any atom is 0.287 e. The molecule has 1 N–H and O–H groups in total. The van der Waals surface area contributed by atoms with Gasteiger partial charge in [-0.15, -0.1) is 0 Å². The molecule has 27 heavy (non-hydrogen) atoms. The van der Waals surface area contributed by atoms with Crippen LogP contribution in [0.25, 0.3) is 0 Å². The van der Waals surface area contributed by atoms with Gasteiger partial charge in [0.15, 0.2) is 5.76 Å². The normalized spacial score (nSPS) is 10.8. The van der Waals surface area contributed by atoms with Crippen LogP contribution in [0.4, 0.5) is 0 Å².